The Labute approximate surface area is 117 Å². The lowest BCUT2D eigenvalue weighted by atomic mass is 9.77. The molecule has 0 heteroatoms. The summed E-state index contributed by atoms with van der Waals surface area (Å²) >= 11 is 0. The van der Waals surface area contributed by atoms with Gasteiger partial charge in [-0.1, -0.05) is 56.1 Å². The quantitative estimate of drug-likeness (QED) is 0.545. The molecule has 2 saturated carbocycles. The number of allylic oxidation sites excluding steroid dienone is 8. The van der Waals surface area contributed by atoms with Crippen molar-refractivity contribution in [2.24, 2.45) is 17.8 Å². The Morgan fingerprint density at radius 3 is 2.63 bits per heavy atom. The van der Waals surface area contributed by atoms with Gasteiger partial charge in [-0.3, -0.25) is 0 Å². The van der Waals surface area contributed by atoms with Crippen molar-refractivity contribution in [3.63, 3.8) is 0 Å². The Morgan fingerprint density at radius 1 is 0.789 bits per heavy atom. The fourth-order valence-corrected chi connectivity index (χ4v) is 5.02. The van der Waals surface area contributed by atoms with Gasteiger partial charge in [0.15, 0.2) is 0 Å². The van der Waals surface area contributed by atoms with E-state index in [0.717, 1.165) is 17.8 Å². The third kappa shape index (κ3) is 1.88. The molecule has 4 aliphatic rings. The average molecular weight is 252 g/mol. The fourth-order valence-electron chi connectivity index (χ4n) is 5.02. The molecule has 0 saturated heterocycles. The summed E-state index contributed by atoms with van der Waals surface area (Å²) in [5.41, 5.74) is 5.16. The Balaban J connectivity index is 1.77. The van der Waals surface area contributed by atoms with E-state index in [-0.39, 0.29) is 0 Å². The predicted octanol–water partition coefficient (Wildman–Crippen LogP) is 5.35. The van der Waals surface area contributed by atoms with Gasteiger partial charge in [0.1, 0.15) is 0 Å². The molecule has 0 aliphatic heterocycles. The van der Waals surface area contributed by atoms with Crippen molar-refractivity contribution < 1.29 is 0 Å². The van der Waals surface area contributed by atoms with E-state index in [1.165, 1.54) is 51.4 Å². The topological polar surface area (TPSA) is 0 Å². The van der Waals surface area contributed by atoms with Crippen LogP contribution >= 0.6 is 0 Å². The minimum atomic E-state index is 0.881. The summed E-state index contributed by atoms with van der Waals surface area (Å²) < 4.78 is 0. The number of hydrogen-bond acceptors (Lipinski definition) is 0. The van der Waals surface area contributed by atoms with E-state index in [4.69, 9.17) is 0 Å². The normalized spacial score (nSPS) is 39.8. The smallest absolute Gasteiger partial charge is 0.0119 e. The van der Waals surface area contributed by atoms with Crippen molar-refractivity contribution in [1.82, 2.24) is 0 Å². The molecule has 0 heterocycles. The number of hydrogen-bond donors (Lipinski definition) is 0. The molecule has 3 atom stereocenters. The van der Waals surface area contributed by atoms with Gasteiger partial charge in [-0.05, 0) is 60.2 Å². The number of fused-ring (bicyclic) bond motifs is 3. The lowest BCUT2D eigenvalue weighted by Crippen LogP contribution is -2.18. The Hall–Kier alpha value is -1.04. The summed E-state index contributed by atoms with van der Waals surface area (Å²) in [4.78, 5) is 0. The zero-order valence-electron chi connectivity index (χ0n) is 11.8. The van der Waals surface area contributed by atoms with Crippen LogP contribution in [0.1, 0.15) is 51.4 Å². The van der Waals surface area contributed by atoms with Crippen molar-refractivity contribution in [2.45, 2.75) is 51.4 Å². The van der Waals surface area contributed by atoms with Crippen molar-refractivity contribution in [3.05, 3.63) is 47.1 Å². The van der Waals surface area contributed by atoms with Crippen LogP contribution in [0.15, 0.2) is 47.1 Å². The SMILES string of the molecule is C1=C/C=C2/CCC3C2=C(C=C1)C1CCCCCCC13. The summed E-state index contributed by atoms with van der Waals surface area (Å²) in [5.74, 6) is 2.76. The first-order chi connectivity index (χ1) is 9.45. The highest BCUT2D eigenvalue weighted by atomic mass is 14.5. The first kappa shape index (κ1) is 11.8. The lowest BCUT2D eigenvalue weighted by molar-refractivity contribution is 0.260. The van der Waals surface area contributed by atoms with Crippen molar-refractivity contribution in [1.29, 1.82) is 0 Å². The van der Waals surface area contributed by atoms with E-state index in [1.807, 2.05) is 0 Å². The van der Waals surface area contributed by atoms with E-state index in [9.17, 15) is 0 Å². The van der Waals surface area contributed by atoms with Crippen LogP contribution in [0.4, 0.5) is 0 Å². The second-order valence-corrected chi connectivity index (χ2v) is 6.71. The predicted molar refractivity (Wildman–Crippen MR) is 80.8 cm³/mol. The van der Waals surface area contributed by atoms with E-state index in [2.05, 4.69) is 30.4 Å². The van der Waals surface area contributed by atoms with Crippen LogP contribution in [-0.2, 0) is 0 Å². The Morgan fingerprint density at radius 2 is 1.68 bits per heavy atom. The summed E-state index contributed by atoms with van der Waals surface area (Å²) in [7, 11) is 0. The summed E-state index contributed by atoms with van der Waals surface area (Å²) in [6, 6.07) is 0. The van der Waals surface area contributed by atoms with Gasteiger partial charge in [-0.25, -0.2) is 0 Å². The highest BCUT2D eigenvalue weighted by Gasteiger charge is 2.44. The number of rotatable bonds is 0. The van der Waals surface area contributed by atoms with Crippen LogP contribution < -0.4 is 0 Å². The molecule has 0 aromatic heterocycles. The third-order valence-electron chi connectivity index (χ3n) is 5.78. The molecule has 4 rings (SSSR count). The molecule has 100 valence electrons. The standard InChI is InChI=1S/C19H24/c1-2-6-10-16-15(9-5-1)17-11-7-3-4-8-14-12-13-18(16)19(14)17/h3-4,7-8,11,15-16,18H,1-2,5-6,9-10,12-13H2/b4-3?,7-3?,8-4?,11-7?,14-8-,17-11?. The molecular weight excluding hydrogens is 228 g/mol. The minimum Gasteiger partial charge on any atom is -0.0622 e. The van der Waals surface area contributed by atoms with Crippen LogP contribution in [0.5, 0.6) is 0 Å². The van der Waals surface area contributed by atoms with Crippen molar-refractivity contribution in [2.75, 3.05) is 0 Å². The van der Waals surface area contributed by atoms with Gasteiger partial charge in [0.25, 0.3) is 0 Å². The average Bonchev–Trinajstić information content (AvgIpc) is 2.84. The largest absolute Gasteiger partial charge is 0.0622 e. The molecule has 0 nitrogen and oxygen atoms in total. The molecule has 0 aromatic rings. The second kappa shape index (κ2) is 4.81. The molecule has 0 amide bonds. The Kier molecular flexibility index (Phi) is 2.98. The van der Waals surface area contributed by atoms with E-state index >= 15 is 0 Å². The minimum absolute atomic E-state index is 0.881. The highest BCUT2D eigenvalue weighted by Crippen LogP contribution is 2.56. The summed E-state index contributed by atoms with van der Waals surface area (Å²) in [6.07, 6.45) is 23.1. The molecule has 0 spiro atoms. The molecular formula is C19H24. The van der Waals surface area contributed by atoms with Gasteiger partial charge in [0, 0.05) is 0 Å². The van der Waals surface area contributed by atoms with Gasteiger partial charge in [-0.2, -0.15) is 0 Å². The van der Waals surface area contributed by atoms with Crippen LogP contribution in [0.25, 0.3) is 0 Å². The zero-order valence-corrected chi connectivity index (χ0v) is 11.8. The van der Waals surface area contributed by atoms with Crippen LogP contribution in [0.3, 0.4) is 0 Å². The molecule has 0 N–H and O–H groups in total. The van der Waals surface area contributed by atoms with E-state index in [1.54, 1.807) is 16.7 Å². The third-order valence-corrected chi connectivity index (χ3v) is 5.78. The molecule has 0 radical (unpaired) electrons. The van der Waals surface area contributed by atoms with Gasteiger partial charge >= 0.3 is 0 Å². The maximum Gasteiger partial charge on any atom is -0.0119 e. The first-order valence-electron chi connectivity index (χ1n) is 8.23. The molecule has 4 aliphatic carbocycles. The van der Waals surface area contributed by atoms with E-state index < -0.39 is 0 Å². The van der Waals surface area contributed by atoms with Gasteiger partial charge in [-0.15, -0.1) is 0 Å². The lowest BCUT2D eigenvalue weighted by Gasteiger charge is -2.28. The van der Waals surface area contributed by atoms with Gasteiger partial charge in [0.05, 0.1) is 0 Å². The molecule has 19 heavy (non-hydrogen) atoms. The summed E-state index contributed by atoms with van der Waals surface area (Å²) in [5, 5.41) is 0. The molecule has 2 fully saturated rings. The van der Waals surface area contributed by atoms with Crippen LogP contribution in [0, 0.1) is 17.8 Å². The molecule has 3 unspecified atom stereocenters. The zero-order chi connectivity index (χ0) is 12.7. The monoisotopic (exact) mass is 252 g/mol. The van der Waals surface area contributed by atoms with Crippen molar-refractivity contribution >= 4 is 0 Å². The molecule has 0 aromatic carbocycles. The maximum atomic E-state index is 2.45. The van der Waals surface area contributed by atoms with E-state index in [0.29, 0.717) is 0 Å². The molecule has 0 bridgehead atoms. The van der Waals surface area contributed by atoms with Crippen molar-refractivity contribution in [3.8, 4) is 0 Å². The van der Waals surface area contributed by atoms with Gasteiger partial charge in [0.2, 0.25) is 0 Å². The van der Waals surface area contributed by atoms with Crippen LogP contribution in [0.2, 0.25) is 0 Å². The second-order valence-electron chi connectivity index (χ2n) is 6.71. The van der Waals surface area contributed by atoms with Crippen LogP contribution in [-0.4, -0.2) is 0 Å². The Bertz CT molecular complexity index is 486. The first-order valence-corrected chi connectivity index (χ1v) is 8.23. The van der Waals surface area contributed by atoms with Gasteiger partial charge < -0.3 is 0 Å². The maximum absolute atomic E-state index is 2.45. The fraction of sp³-hybridized carbons (Fsp3) is 0.579. The highest BCUT2D eigenvalue weighted by molar-refractivity contribution is 5.52. The summed E-state index contributed by atoms with van der Waals surface area (Å²) in [6.45, 7) is 0.